The van der Waals surface area contributed by atoms with Gasteiger partial charge in [-0.05, 0) is 46.3 Å². The lowest BCUT2D eigenvalue weighted by Crippen LogP contribution is -2.01. The van der Waals surface area contributed by atoms with Crippen LogP contribution in [-0.4, -0.2) is 22.2 Å². The second-order valence-electron chi connectivity index (χ2n) is 5.25. The lowest BCUT2D eigenvalue weighted by Gasteiger charge is -2.11. The van der Waals surface area contributed by atoms with Crippen LogP contribution in [0.25, 0.3) is 0 Å². The number of phenols is 1. The summed E-state index contributed by atoms with van der Waals surface area (Å²) in [7, 11) is 1.49. The van der Waals surface area contributed by atoms with Gasteiger partial charge in [0.2, 0.25) is 5.95 Å². The first-order valence-corrected chi connectivity index (χ1v) is 9.38. The molecule has 0 amide bonds. The molecule has 28 heavy (non-hydrogen) atoms. The molecule has 0 aliphatic heterocycles. The van der Waals surface area contributed by atoms with E-state index in [1.165, 1.54) is 13.2 Å². The Balaban J connectivity index is 0.00000136. The van der Waals surface area contributed by atoms with Gasteiger partial charge in [0.1, 0.15) is 5.82 Å². The van der Waals surface area contributed by atoms with Gasteiger partial charge in [-0.15, -0.1) is 6.42 Å². The molecule has 0 spiro atoms. The minimum atomic E-state index is 0.0269. The van der Waals surface area contributed by atoms with Crippen LogP contribution in [0.1, 0.15) is 19.4 Å². The highest BCUT2D eigenvalue weighted by atomic mass is 79.9. The number of benzene rings is 2. The maximum absolute atomic E-state index is 9.87. The number of nitrogens with zero attached hydrogens (tertiary/aromatic N) is 2. The van der Waals surface area contributed by atoms with Crippen LogP contribution < -0.4 is 15.4 Å². The van der Waals surface area contributed by atoms with Crippen LogP contribution in [0.3, 0.4) is 0 Å². The standard InChI is InChI=1S/C19H15BrN4O2.C2H6/c1-3-12-5-4-6-13(9-12)22-18-15(20)11-21-19(24-18)23-14-7-8-17(26-2)16(25)10-14;1-2/h1,4-11,25H,2H3,(H2,21,22,23,24);1-2H3. The first-order chi connectivity index (χ1) is 13.6. The van der Waals surface area contributed by atoms with Gasteiger partial charge >= 0.3 is 0 Å². The van der Waals surface area contributed by atoms with Gasteiger partial charge in [-0.2, -0.15) is 4.98 Å². The second-order valence-corrected chi connectivity index (χ2v) is 6.11. The Labute approximate surface area is 173 Å². The van der Waals surface area contributed by atoms with Crippen LogP contribution in [0, 0.1) is 12.3 Å². The van der Waals surface area contributed by atoms with Crippen LogP contribution in [0.15, 0.2) is 53.1 Å². The van der Waals surface area contributed by atoms with E-state index in [-0.39, 0.29) is 5.75 Å². The van der Waals surface area contributed by atoms with Gasteiger partial charge in [0, 0.05) is 29.2 Å². The molecule has 0 fully saturated rings. The zero-order valence-corrected chi connectivity index (χ0v) is 17.4. The Morgan fingerprint density at radius 1 is 1.11 bits per heavy atom. The fourth-order valence-corrected chi connectivity index (χ4v) is 2.53. The number of anilines is 4. The van der Waals surface area contributed by atoms with Crippen molar-refractivity contribution in [2.75, 3.05) is 17.7 Å². The molecule has 0 saturated heterocycles. The van der Waals surface area contributed by atoms with E-state index in [2.05, 4.69) is 42.5 Å². The first kappa shape index (κ1) is 21.1. The number of aromatic nitrogens is 2. The third-order valence-corrected chi connectivity index (χ3v) is 4.05. The van der Waals surface area contributed by atoms with Crippen molar-refractivity contribution in [3.63, 3.8) is 0 Å². The SMILES string of the molecule is C#Cc1cccc(Nc2nc(Nc3ccc(OC)c(O)c3)ncc2Br)c1.CC. The number of aromatic hydroxyl groups is 1. The summed E-state index contributed by atoms with van der Waals surface area (Å²) in [4.78, 5) is 8.67. The Kier molecular flexibility index (Phi) is 7.66. The molecule has 0 aliphatic rings. The molecule has 0 unspecified atom stereocenters. The van der Waals surface area contributed by atoms with Crippen LogP contribution in [-0.2, 0) is 0 Å². The molecule has 3 N–H and O–H groups in total. The average molecular weight is 441 g/mol. The van der Waals surface area contributed by atoms with E-state index < -0.39 is 0 Å². The fourth-order valence-electron chi connectivity index (χ4n) is 2.24. The molecule has 1 aromatic heterocycles. The van der Waals surface area contributed by atoms with Crippen molar-refractivity contribution in [1.82, 2.24) is 9.97 Å². The molecular weight excluding hydrogens is 420 g/mol. The number of hydrogen-bond donors (Lipinski definition) is 3. The van der Waals surface area contributed by atoms with Crippen LogP contribution in [0.2, 0.25) is 0 Å². The number of hydrogen-bond acceptors (Lipinski definition) is 6. The van der Waals surface area contributed by atoms with Crippen molar-refractivity contribution in [1.29, 1.82) is 0 Å². The largest absolute Gasteiger partial charge is 0.504 e. The number of nitrogens with one attached hydrogen (secondary N) is 2. The smallest absolute Gasteiger partial charge is 0.229 e. The molecular formula is C21H21BrN4O2. The molecule has 1 heterocycles. The minimum absolute atomic E-state index is 0.0269. The van der Waals surface area contributed by atoms with E-state index in [1.807, 2.05) is 38.1 Å². The van der Waals surface area contributed by atoms with Gasteiger partial charge in [0.25, 0.3) is 0 Å². The molecule has 0 radical (unpaired) electrons. The molecule has 0 atom stereocenters. The number of ether oxygens (including phenoxy) is 1. The van der Waals surface area contributed by atoms with Gasteiger partial charge in [-0.25, -0.2) is 4.98 Å². The Morgan fingerprint density at radius 2 is 1.86 bits per heavy atom. The summed E-state index contributed by atoms with van der Waals surface area (Å²) in [5, 5.41) is 16.1. The van der Waals surface area contributed by atoms with E-state index in [0.29, 0.717) is 27.7 Å². The lowest BCUT2D eigenvalue weighted by atomic mass is 10.2. The topological polar surface area (TPSA) is 79.3 Å². The average Bonchev–Trinajstić information content (AvgIpc) is 2.72. The molecule has 0 bridgehead atoms. The third kappa shape index (κ3) is 5.38. The maximum Gasteiger partial charge on any atom is 0.229 e. The molecule has 3 aromatic rings. The summed E-state index contributed by atoms with van der Waals surface area (Å²) >= 11 is 3.43. The van der Waals surface area contributed by atoms with E-state index >= 15 is 0 Å². The monoisotopic (exact) mass is 440 g/mol. The highest BCUT2D eigenvalue weighted by Gasteiger charge is 2.08. The molecule has 0 saturated carbocycles. The molecule has 2 aromatic carbocycles. The van der Waals surface area contributed by atoms with Crippen LogP contribution >= 0.6 is 15.9 Å². The summed E-state index contributed by atoms with van der Waals surface area (Å²) < 4.78 is 5.73. The third-order valence-electron chi connectivity index (χ3n) is 3.47. The van der Waals surface area contributed by atoms with E-state index in [1.54, 1.807) is 18.3 Å². The number of methoxy groups -OCH3 is 1. The molecule has 144 valence electrons. The summed E-state index contributed by atoms with van der Waals surface area (Å²) in [5.41, 5.74) is 2.21. The number of rotatable bonds is 5. The van der Waals surface area contributed by atoms with E-state index in [4.69, 9.17) is 11.2 Å². The number of terminal acetylenes is 1. The van der Waals surface area contributed by atoms with Crippen molar-refractivity contribution >= 4 is 39.1 Å². The summed E-state index contributed by atoms with van der Waals surface area (Å²) in [6.45, 7) is 4.00. The van der Waals surface area contributed by atoms with Gasteiger partial charge < -0.3 is 20.5 Å². The zero-order valence-electron chi connectivity index (χ0n) is 15.8. The van der Waals surface area contributed by atoms with E-state index in [0.717, 1.165) is 11.3 Å². The molecule has 0 aliphatic carbocycles. The van der Waals surface area contributed by atoms with Crippen molar-refractivity contribution < 1.29 is 9.84 Å². The zero-order chi connectivity index (χ0) is 20.5. The Hall–Kier alpha value is -3.24. The normalized spacial score (nSPS) is 9.54. The molecule has 7 heteroatoms. The van der Waals surface area contributed by atoms with Gasteiger partial charge in [0.15, 0.2) is 11.5 Å². The quantitative estimate of drug-likeness (QED) is 0.457. The number of phenolic OH excluding ortho intramolecular Hbond substituents is 1. The Bertz CT molecular complexity index is 986. The summed E-state index contributed by atoms with van der Waals surface area (Å²) in [6.07, 6.45) is 7.06. The van der Waals surface area contributed by atoms with E-state index in [9.17, 15) is 5.11 Å². The highest BCUT2D eigenvalue weighted by Crippen LogP contribution is 2.30. The van der Waals surface area contributed by atoms with Gasteiger partial charge in [-0.3, -0.25) is 0 Å². The van der Waals surface area contributed by atoms with Gasteiger partial charge in [0.05, 0.1) is 11.6 Å². The van der Waals surface area contributed by atoms with Crippen molar-refractivity contribution in [2.45, 2.75) is 13.8 Å². The van der Waals surface area contributed by atoms with Crippen LogP contribution in [0.4, 0.5) is 23.1 Å². The summed E-state index contributed by atoms with van der Waals surface area (Å²) in [5.74, 6) is 3.96. The summed E-state index contributed by atoms with van der Waals surface area (Å²) in [6, 6.07) is 12.4. The van der Waals surface area contributed by atoms with Crippen LogP contribution in [0.5, 0.6) is 11.5 Å². The first-order valence-electron chi connectivity index (χ1n) is 8.59. The van der Waals surface area contributed by atoms with Crippen molar-refractivity contribution in [2.24, 2.45) is 0 Å². The lowest BCUT2D eigenvalue weighted by molar-refractivity contribution is 0.373. The predicted octanol–water partition coefficient (Wildman–Crippen LogP) is 5.45. The second kappa shape index (κ2) is 10.2. The van der Waals surface area contributed by atoms with Crippen molar-refractivity contribution in [3.05, 3.63) is 58.7 Å². The van der Waals surface area contributed by atoms with Crippen molar-refractivity contribution in [3.8, 4) is 23.8 Å². The fraction of sp³-hybridized carbons (Fsp3) is 0.143. The highest BCUT2D eigenvalue weighted by molar-refractivity contribution is 9.10. The Morgan fingerprint density at radius 3 is 2.54 bits per heavy atom. The minimum Gasteiger partial charge on any atom is -0.504 e. The maximum atomic E-state index is 9.87. The van der Waals surface area contributed by atoms with Gasteiger partial charge in [-0.1, -0.05) is 25.8 Å². The number of halogens is 1. The molecule has 3 rings (SSSR count). The predicted molar refractivity (Wildman–Crippen MR) is 117 cm³/mol. The molecule has 6 nitrogen and oxygen atoms in total.